The van der Waals surface area contributed by atoms with Gasteiger partial charge in [0.05, 0.1) is 6.61 Å². The van der Waals surface area contributed by atoms with Crippen molar-refractivity contribution >= 4 is 40.8 Å². The van der Waals surface area contributed by atoms with E-state index in [-0.39, 0.29) is 30.0 Å². The van der Waals surface area contributed by atoms with Crippen LogP contribution in [-0.4, -0.2) is 43.8 Å². The van der Waals surface area contributed by atoms with Crippen LogP contribution in [0.2, 0.25) is 0 Å². The van der Waals surface area contributed by atoms with E-state index in [0.717, 1.165) is 25.5 Å². The molecular weight excluding hydrogens is 415 g/mol. The van der Waals surface area contributed by atoms with Gasteiger partial charge in [0.15, 0.2) is 5.96 Å². The van der Waals surface area contributed by atoms with Crippen molar-refractivity contribution in [3.05, 3.63) is 35.5 Å². The molecule has 0 saturated heterocycles. The molecule has 24 heavy (non-hydrogen) atoms. The van der Waals surface area contributed by atoms with E-state index in [1.165, 1.54) is 22.0 Å². The molecule has 3 N–H and O–H groups in total. The second-order valence-corrected chi connectivity index (χ2v) is 5.82. The van der Waals surface area contributed by atoms with Crippen molar-refractivity contribution in [3.8, 4) is 0 Å². The van der Waals surface area contributed by atoms with Gasteiger partial charge in [-0.1, -0.05) is 12.1 Å². The molecule has 0 bridgehead atoms. The van der Waals surface area contributed by atoms with E-state index in [1.54, 1.807) is 7.11 Å². The van der Waals surface area contributed by atoms with Crippen LogP contribution in [-0.2, 0) is 11.2 Å². The maximum absolute atomic E-state index is 5.16. The minimum Gasteiger partial charge on any atom is -0.383 e. The number of fused-ring (bicyclic) bond motifs is 1. The summed E-state index contributed by atoms with van der Waals surface area (Å²) in [7, 11) is 1.71. The number of aromatic amines is 1. The minimum absolute atomic E-state index is 0. The number of aromatic nitrogens is 1. The van der Waals surface area contributed by atoms with E-state index in [9.17, 15) is 0 Å². The average molecular weight is 444 g/mol. The summed E-state index contributed by atoms with van der Waals surface area (Å²) < 4.78 is 5.16. The molecule has 1 aromatic heterocycles. The van der Waals surface area contributed by atoms with Crippen molar-refractivity contribution < 1.29 is 4.74 Å². The largest absolute Gasteiger partial charge is 0.383 e. The van der Waals surface area contributed by atoms with Crippen molar-refractivity contribution in [2.45, 2.75) is 33.2 Å². The molecule has 134 valence electrons. The lowest BCUT2D eigenvalue weighted by atomic mass is 10.1. The van der Waals surface area contributed by atoms with Gasteiger partial charge in [-0.25, -0.2) is 0 Å². The number of guanidine groups is 1. The monoisotopic (exact) mass is 444 g/mol. The predicted molar refractivity (Wildman–Crippen MR) is 113 cm³/mol. The number of ether oxygens (including phenoxy) is 1. The third kappa shape index (κ3) is 5.66. The quantitative estimate of drug-likeness (QED) is 0.349. The molecule has 2 rings (SSSR count). The SMILES string of the molecule is CCNC(=NCCc1c[nH]c2cccc(C)c12)NC(C)COC.I. The minimum atomic E-state index is 0. The van der Waals surface area contributed by atoms with Gasteiger partial charge in [-0.15, -0.1) is 24.0 Å². The molecule has 0 aliphatic heterocycles. The van der Waals surface area contributed by atoms with Gasteiger partial charge in [0.2, 0.25) is 0 Å². The highest BCUT2D eigenvalue weighted by molar-refractivity contribution is 14.0. The first-order valence-corrected chi connectivity index (χ1v) is 8.25. The van der Waals surface area contributed by atoms with Gasteiger partial charge < -0.3 is 20.4 Å². The molecule has 6 heteroatoms. The fraction of sp³-hybridized carbons (Fsp3) is 0.500. The Morgan fingerprint density at radius 3 is 2.88 bits per heavy atom. The van der Waals surface area contributed by atoms with Gasteiger partial charge in [-0.2, -0.15) is 0 Å². The molecule has 0 amide bonds. The standard InChI is InChI=1S/C18H28N4O.HI/c1-5-19-18(22-14(3)12-23-4)20-10-9-15-11-21-16-8-6-7-13(2)17(15)16;/h6-8,11,14,21H,5,9-10,12H2,1-4H3,(H2,19,20,22);1H. The molecule has 0 aliphatic rings. The number of benzene rings is 1. The van der Waals surface area contributed by atoms with Crippen LogP contribution >= 0.6 is 24.0 Å². The Balaban J connectivity index is 0.00000288. The summed E-state index contributed by atoms with van der Waals surface area (Å²) in [4.78, 5) is 8.02. The summed E-state index contributed by atoms with van der Waals surface area (Å²) in [5, 5.41) is 7.96. The van der Waals surface area contributed by atoms with Gasteiger partial charge in [0.25, 0.3) is 0 Å². The molecule has 0 saturated carbocycles. The third-order valence-electron chi connectivity index (χ3n) is 3.79. The highest BCUT2D eigenvalue weighted by atomic mass is 127. The topological polar surface area (TPSA) is 61.4 Å². The Bertz CT molecular complexity index is 654. The maximum Gasteiger partial charge on any atom is 0.191 e. The molecule has 0 radical (unpaired) electrons. The molecule has 0 aliphatic carbocycles. The summed E-state index contributed by atoms with van der Waals surface area (Å²) >= 11 is 0. The number of halogens is 1. The molecule has 1 aromatic carbocycles. The summed E-state index contributed by atoms with van der Waals surface area (Å²) in [5.41, 5.74) is 3.83. The number of hydrogen-bond donors (Lipinski definition) is 3. The normalized spacial score (nSPS) is 12.8. The number of aryl methyl sites for hydroxylation is 1. The maximum atomic E-state index is 5.16. The van der Waals surface area contributed by atoms with Crippen molar-refractivity contribution in [1.82, 2.24) is 15.6 Å². The molecular formula is C18H29IN4O. The van der Waals surface area contributed by atoms with Gasteiger partial charge in [-0.3, -0.25) is 4.99 Å². The van der Waals surface area contributed by atoms with Gasteiger partial charge >= 0.3 is 0 Å². The first kappa shape index (κ1) is 20.8. The van der Waals surface area contributed by atoms with E-state index in [4.69, 9.17) is 4.74 Å². The van der Waals surface area contributed by atoms with Crippen LogP contribution in [0, 0.1) is 6.92 Å². The van der Waals surface area contributed by atoms with E-state index >= 15 is 0 Å². The molecule has 5 nitrogen and oxygen atoms in total. The van der Waals surface area contributed by atoms with Crippen LogP contribution in [0.5, 0.6) is 0 Å². The molecule has 1 unspecified atom stereocenters. The zero-order chi connectivity index (χ0) is 16.7. The second kappa shape index (κ2) is 10.6. The molecule has 0 spiro atoms. The lowest BCUT2D eigenvalue weighted by Gasteiger charge is -2.16. The van der Waals surface area contributed by atoms with Crippen LogP contribution in [0.15, 0.2) is 29.4 Å². The number of aliphatic imine (C=N–C) groups is 1. The first-order chi connectivity index (χ1) is 11.2. The molecule has 0 fully saturated rings. The Hall–Kier alpha value is -1.28. The fourth-order valence-corrected chi connectivity index (χ4v) is 2.78. The van der Waals surface area contributed by atoms with Crippen molar-refractivity contribution in [2.24, 2.45) is 4.99 Å². The Morgan fingerprint density at radius 1 is 1.38 bits per heavy atom. The number of methoxy groups -OCH3 is 1. The lowest BCUT2D eigenvalue weighted by Crippen LogP contribution is -2.44. The predicted octanol–water partition coefficient (Wildman–Crippen LogP) is 3.23. The Kier molecular flexibility index (Phi) is 9.13. The van der Waals surface area contributed by atoms with Crippen LogP contribution < -0.4 is 10.6 Å². The number of nitrogens with one attached hydrogen (secondary N) is 3. The third-order valence-corrected chi connectivity index (χ3v) is 3.79. The van der Waals surface area contributed by atoms with Crippen LogP contribution in [0.1, 0.15) is 25.0 Å². The van der Waals surface area contributed by atoms with Gasteiger partial charge in [-0.05, 0) is 44.4 Å². The van der Waals surface area contributed by atoms with Crippen LogP contribution in [0.25, 0.3) is 10.9 Å². The first-order valence-electron chi connectivity index (χ1n) is 8.25. The zero-order valence-corrected chi connectivity index (χ0v) is 17.3. The number of H-pyrrole nitrogens is 1. The number of hydrogen-bond acceptors (Lipinski definition) is 2. The van der Waals surface area contributed by atoms with Gasteiger partial charge in [0, 0.05) is 43.3 Å². The highest BCUT2D eigenvalue weighted by Crippen LogP contribution is 2.22. The Morgan fingerprint density at radius 2 is 2.17 bits per heavy atom. The number of nitrogens with zero attached hydrogens (tertiary/aromatic N) is 1. The fourth-order valence-electron chi connectivity index (χ4n) is 2.78. The van der Waals surface area contributed by atoms with E-state index in [1.807, 2.05) is 0 Å². The Labute approximate surface area is 161 Å². The number of rotatable bonds is 7. The van der Waals surface area contributed by atoms with E-state index in [2.05, 4.69) is 65.8 Å². The molecule has 1 heterocycles. The zero-order valence-electron chi connectivity index (χ0n) is 15.0. The van der Waals surface area contributed by atoms with Crippen LogP contribution in [0.4, 0.5) is 0 Å². The van der Waals surface area contributed by atoms with Crippen molar-refractivity contribution in [2.75, 3.05) is 26.8 Å². The summed E-state index contributed by atoms with van der Waals surface area (Å²) in [6.45, 7) is 8.56. The smallest absolute Gasteiger partial charge is 0.191 e. The molecule has 1 atom stereocenters. The average Bonchev–Trinajstić information content (AvgIpc) is 2.92. The summed E-state index contributed by atoms with van der Waals surface area (Å²) in [5.74, 6) is 0.841. The van der Waals surface area contributed by atoms with Gasteiger partial charge in [0.1, 0.15) is 0 Å². The highest BCUT2D eigenvalue weighted by Gasteiger charge is 2.07. The van der Waals surface area contributed by atoms with E-state index < -0.39 is 0 Å². The summed E-state index contributed by atoms with van der Waals surface area (Å²) in [6, 6.07) is 6.59. The summed E-state index contributed by atoms with van der Waals surface area (Å²) in [6.07, 6.45) is 3.02. The van der Waals surface area contributed by atoms with Crippen molar-refractivity contribution in [1.29, 1.82) is 0 Å². The second-order valence-electron chi connectivity index (χ2n) is 5.82. The molecule has 2 aromatic rings. The van der Waals surface area contributed by atoms with Crippen LogP contribution in [0.3, 0.4) is 0 Å². The van der Waals surface area contributed by atoms with Crippen molar-refractivity contribution in [3.63, 3.8) is 0 Å². The lowest BCUT2D eigenvalue weighted by molar-refractivity contribution is 0.179. The van der Waals surface area contributed by atoms with E-state index in [0.29, 0.717) is 6.61 Å².